The van der Waals surface area contributed by atoms with Crippen LogP contribution in [0.3, 0.4) is 0 Å². The summed E-state index contributed by atoms with van der Waals surface area (Å²) in [5.41, 5.74) is 9.65. The summed E-state index contributed by atoms with van der Waals surface area (Å²) < 4.78 is 1.79. The van der Waals surface area contributed by atoms with Crippen LogP contribution in [-0.2, 0) is 0 Å². The minimum Gasteiger partial charge on any atom is -0.376 e. The average molecular weight is 395 g/mol. The molecule has 134 valence electrons. The van der Waals surface area contributed by atoms with Crippen molar-refractivity contribution < 1.29 is 0 Å². The van der Waals surface area contributed by atoms with E-state index in [0.717, 1.165) is 28.0 Å². The molecule has 0 radical (unpaired) electrons. The van der Waals surface area contributed by atoms with E-state index in [4.69, 9.17) is 29.6 Å². The Morgan fingerprint density at radius 2 is 1.78 bits per heavy atom. The zero-order valence-electron chi connectivity index (χ0n) is 14.3. The molecule has 0 aliphatic carbocycles. The molecule has 0 amide bonds. The molecule has 0 fully saturated rings. The number of aromatic nitrogens is 4. The smallest absolute Gasteiger partial charge is 0.231 e. The number of para-hydroxylation sites is 1. The van der Waals surface area contributed by atoms with Gasteiger partial charge in [0.2, 0.25) is 5.95 Å². The van der Waals surface area contributed by atoms with Crippen LogP contribution < -0.4 is 11.1 Å². The van der Waals surface area contributed by atoms with E-state index >= 15 is 0 Å². The summed E-state index contributed by atoms with van der Waals surface area (Å²) >= 11 is 11.0. The number of hydrogen-bond donors (Lipinski definition) is 2. The van der Waals surface area contributed by atoms with Gasteiger partial charge in [0.25, 0.3) is 0 Å². The number of thiocarbonyl (C=S) groups is 1. The van der Waals surface area contributed by atoms with Crippen molar-refractivity contribution in [3.63, 3.8) is 0 Å². The Bertz CT molecular complexity index is 1140. The zero-order chi connectivity index (χ0) is 19.0. The van der Waals surface area contributed by atoms with Crippen molar-refractivity contribution in [2.75, 3.05) is 5.32 Å². The minimum absolute atomic E-state index is 0.0962. The highest BCUT2D eigenvalue weighted by atomic mass is 35.5. The first-order valence-electron chi connectivity index (χ1n) is 8.18. The number of anilines is 1. The summed E-state index contributed by atoms with van der Waals surface area (Å²) in [6.45, 7) is 1.94. The topological polar surface area (TPSA) is 81.7 Å². The fraction of sp³-hybridized carbons (Fsp3) is 0.0526. The first-order chi connectivity index (χ1) is 13.0. The van der Waals surface area contributed by atoms with Crippen LogP contribution in [-0.4, -0.2) is 24.9 Å². The van der Waals surface area contributed by atoms with Crippen LogP contribution in [0, 0.1) is 6.92 Å². The maximum Gasteiger partial charge on any atom is 0.231 e. The third-order valence-corrected chi connectivity index (χ3v) is 4.41. The van der Waals surface area contributed by atoms with Crippen molar-refractivity contribution in [2.24, 2.45) is 5.73 Å². The van der Waals surface area contributed by atoms with E-state index < -0.39 is 0 Å². The van der Waals surface area contributed by atoms with Crippen molar-refractivity contribution in [2.45, 2.75) is 6.92 Å². The van der Waals surface area contributed by atoms with Gasteiger partial charge >= 0.3 is 0 Å². The van der Waals surface area contributed by atoms with E-state index in [0.29, 0.717) is 16.6 Å². The van der Waals surface area contributed by atoms with Gasteiger partial charge in [-0.2, -0.15) is 10.1 Å². The predicted molar refractivity (Wildman–Crippen MR) is 112 cm³/mol. The molecule has 0 aliphatic heterocycles. The Balaban J connectivity index is 2.03. The van der Waals surface area contributed by atoms with E-state index in [9.17, 15) is 0 Å². The molecule has 0 unspecified atom stereocenters. The van der Waals surface area contributed by atoms with Gasteiger partial charge in [-0.25, -0.2) is 9.67 Å². The van der Waals surface area contributed by atoms with Crippen LogP contribution in [0.4, 0.5) is 5.95 Å². The van der Waals surface area contributed by atoms with Gasteiger partial charge in [0.15, 0.2) is 10.8 Å². The Morgan fingerprint density at radius 1 is 1.07 bits per heavy atom. The van der Waals surface area contributed by atoms with Gasteiger partial charge in [0, 0.05) is 10.6 Å². The molecular weight excluding hydrogens is 380 g/mol. The molecule has 2 aromatic carbocycles. The first-order valence-corrected chi connectivity index (χ1v) is 8.97. The van der Waals surface area contributed by atoms with Gasteiger partial charge in [-0.05, 0) is 43.4 Å². The normalized spacial score (nSPS) is 10.9. The Kier molecular flexibility index (Phi) is 4.47. The van der Waals surface area contributed by atoms with E-state index in [1.807, 2.05) is 61.5 Å². The van der Waals surface area contributed by atoms with Crippen molar-refractivity contribution in [1.82, 2.24) is 19.7 Å². The molecule has 0 saturated carbocycles. The Hall–Kier alpha value is -3.03. The first kappa shape index (κ1) is 17.4. The van der Waals surface area contributed by atoms with E-state index in [2.05, 4.69) is 20.4 Å². The average Bonchev–Trinajstić information content (AvgIpc) is 2.99. The van der Waals surface area contributed by atoms with Crippen LogP contribution in [0.15, 0.2) is 54.6 Å². The number of nitrogens with zero attached hydrogens (tertiary/aromatic N) is 4. The van der Waals surface area contributed by atoms with Crippen LogP contribution in [0.1, 0.15) is 5.69 Å². The lowest BCUT2D eigenvalue weighted by Gasteiger charge is -2.09. The van der Waals surface area contributed by atoms with Gasteiger partial charge < -0.3 is 11.1 Å². The molecule has 3 N–H and O–H groups in total. The highest BCUT2D eigenvalue weighted by Crippen LogP contribution is 2.31. The third kappa shape index (κ3) is 3.34. The fourth-order valence-electron chi connectivity index (χ4n) is 2.91. The van der Waals surface area contributed by atoms with E-state index in [-0.39, 0.29) is 5.11 Å². The second-order valence-corrected chi connectivity index (χ2v) is 6.80. The van der Waals surface area contributed by atoms with Crippen LogP contribution >= 0.6 is 23.8 Å². The monoisotopic (exact) mass is 394 g/mol. The highest BCUT2D eigenvalue weighted by Gasteiger charge is 2.18. The molecule has 8 heteroatoms. The van der Waals surface area contributed by atoms with Gasteiger partial charge in [-0.15, -0.1) is 0 Å². The maximum absolute atomic E-state index is 6.04. The third-order valence-electron chi connectivity index (χ3n) is 4.06. The van der Waals surface area contributed by atoms with Gasteiger partial charge in [-0.3, -0.25) is 0 Å². The van der Waals surface area contributed by atoms with Gasteiger partial charge in [0.05, 0.1) is 22.5 Å². The predicted octanol–water partition coefficient (Wildman–Crippen LogP) is 4.10. The summed E-state index contributed by atoms with van der Waals surface area (Å²) in [6.07, 6.45) is 0. The lowest BCUT2D eigenvalue weighted by atomic mass is 10.1. The van der Waals surface area contributed by atoms with Crippen LogP contribution in [0.25, 0.3) is 28.0 Å². The largest absolute Gasteiger partial charge is 0.376 e. The van der Waals surface area contributed by atoms with Gasteiger partial charge in [0.1, 0.15) is 0 Å². The van der Waals surface area contributed by atoms with Crippen molar-refractivity contribution in [1.29, 1.82) is 0 Å². The number of nitrogens with one attached hydrogen (secondary N) is 1. The molecule has 0 bridgehead atoms. The lowest BCUT2D eigenvalue weighted by Crippen LogP contribution is -2.20. The minimum atomic E-state index is 0.0962. The number of hydrogen-bond acceptors (Lipinski definition) is 4. The second-order valence-electron chi connectivity index (χ2n) is 5.92. The lowest BCUT2D eigenvalue weighted by molar-refractivity contribution is 0.877. The number of benzene rings is 2. The van der Waals surface area contributed by atoms with E-state index in [1.165, 1.54) is 0 Å². The molecule has 2 aromatic heterocycles. The molecule has 0 spiro atoms. The van der Waals surface area contributed by atoms with Gasteiger partial charge in [-0.1, -0.05) is 41.9 Å². The van der Waals surface area contributed by atoms with Crippen LogP contribution in [0.5, 0.6) is 0 Å². The van der Waals surface area contributed by atoms with Crippen molar-refractivity contribution in [3.05, 3.63) is 65.3 Å². The molecular formula is C19H15ClN6S. The molecule has 2 heterocycles. The van der Waals surface area contributed by atoms with Crippen molar-refractivity contribution in [3.8, 4) is 16.9 Å². The molecule has 27 heavy (non-hydrogen) atoms. The number of fused-ring (bicyclic) bond motifs is 1. The Labute approximate surface area is 166 Å². The molecule has 0 saturated heterocycles. The molecule has 4 rings (SSSR count). The summed E-state index contributed by atoms with van der Waals surface area (Å²) in [4.78, 5) is 9.22. The standard InChI is InChI=1S/C19H15ClN6S/c1-11-15-16(12-7-9-13(20)10-8-12)22-19(24-18(21)27)23-17(15)26(25-11)14-5-3-2-4-6-14/h2-10H,1H3,(H3,21,22,23,24,27). The van der Waals surface area contributed by atoms with Crippen LogP contribution in [0.2, 0.25) is 5.02 Å². The molecule has 0 atom stereocenters. The van der Waals surface area contributed by atoms with Crippen molar-refractivity contribution >= 4 is 45.9 Å². The fourth-order valence-corrected chi connectivity index (χ4v) is 3.13. The zero-order valence-corrected chi connectivity index (χ0v) is 15.9. The Morgan fingerprint density at radius 3 is 2.44 bits per heavy atom. The second kappa shape index (κ2) is 6.94. The number of rotatable bonds is 3. The molecule has 4 aromatic rings. The number of nitrogens with two attached hydrogens (primary N) is 1. The number of aryl methyl sites for hydroxylation is 1. The maximum atomic E-state index is 6.04. The SMILES string of the molecule is Cc1nn(-c2ccccc2)c2nc(NC(N)=S)nc(-c3ccc(Cl)cc3)c12. The summed E-state index contributed by atoms with van der Waals surface area (Å²) in [5, 5.41) is 9.11. The summed E-state index contributed by atoms with van der Waals surface area (Å²) in [7, 11) is 0. The molecule has 0 aliphatic rings. The summed E-state index contributed by atoms with van der Waals surface area (Å²) in [5.74, 6) is 0.317. The molecule has 6 nitrogen and oxygen atoms in total. The quantitative estimate of drug-likeness (QED) is 0.509. The van der Waals surface area contributed by atoms with E-state index in [1.54, 1.807) is 4.68 Å². The number of halogens is 1. The summed E-state index contributed by atoms with van der Waals surface area (Å²) in [6, 6.07) is 17.3. The highest BCUT2D eigenvalue weighted by molar-refractivity contribution is 7.80.